The van der Waals surface area contributed by atoms with Gasteiger partial charge in [-0.1, -0.05) is 27.2 Å². The smallest absolute Gasteiger partial charge is 0.237 e. The van der Waals surface area contributed by atoms with Gasteiger partial charge in [-0.25, -0.2) is 0 Å². The van der Waals surface area contributed by atoms with Crippen molar-refractivity contribution in [2.45, 2.75) is 33.2 Å². The Morgan fingerprint density at radius 2 is 2.07 bits per heavy atom. The van der Waals surface area contributed by atoms with E-state index in [-0.39, 0.29) is 24.3 Å². The van der Waals surface area contributed by atoms with Gasteiger partial charge in [0.15, 0.2) is 0 Å². The predicted octanol–water partition coefficient (Wildman–Crippen LogP) is 0.104. The maximum Gasteiger partial charge on any atom is 0.237 e. The van der Waals surface area contributed by atoms with Crippen LogP contribution in [0.25, 0.3) is 0 Å². The van der Waals surface area contributed by atoms with E-state index in [1.165, 1.54) is 0 Å². The number of aliphatic hydroxyl groups is 1. The highest BCUT2D eigenvalue weighted by Crippen LogP contribution is 2.05. The van der Waals surface area contributed by atoms with Crippen LogP contribution in [-0.4, -0.2) is 30.2 Å². The summed E-state index contributed by atoms with van der Waals surface area (Å²) in [6.07, 6.45) is 0.893. The fraction of sp³-hybridized carbons (Fsp3) is 0.900. The molecule has 1 amide bonds. The van der Waals surface area contributed by atoms with Crippen molar-refractivity contribution in [3.63, 3.8) is 0 Å². The third-order valence-electron chi connectivity index (χ3n) is 2.50. The fourth-order valence-corrected chi connectivity index (χ4v) is 0.970. The summed E-state index contributed by atoms with van der Waals surface area (Å²) in [5.74, 6) is 0.155. The van der Waals surface area contributed by atoms with Gasteiger partial charge in [0.05, 0.1) is 6.04 Å². The van der Waals surface area contributed by atoms with Gasteiger partial charge >= 0.3 is 0 Å². The Kier molecular flexibility index (Phi) is 6.49. The van der Waals surface area contributed by atoms with Crippen molar-refractivity contribution in [2.75, 3.05) is 13.2 Å². The second kappa shape index (κ2) is 6.79. The summed E-state index contributed by atoms with van der Waals surface area (Å²) in [5.41, 5.74) is 5.72. The van der Waals surface area contributed by atoms with E-state index in [2.05, 4.69) is 5.32 Å². The van der Waals surface area contributed by atoms with Crippen molar-refractivity contribution in [1.29, 1.82) is 0 Å². The van der Waals surface area contributed by atoms with E-state index >= 15 is 0 Å². The van der Waals surface area contributed by atoms with Crippen LogP contribution < -0.4 is 11.1 Å². The van der Waals surface area contributed by atoms with E-state index < -0.39 is 6.04 Å². The molecular formula is C10H22N2O2. The molecule has 0 fully saturated rings. The lowest BCUT2D eigenvalue weighted by atomic mass is 9.99. The summed E-state index contributed by atoms with van der Waals surface area (Å²) in [5, 5.41) is 11.5. The first kappa shape index (κ1) is 13.4. The lowest BCUT2D eigenvalue weighted by Crippen LogP contribution is -2.45. The normalized spacial score (nSPS) is 17.2. The molecule has 3 unspecified atom stereocenters. The first-order valence-electron chi connectivity index (χ1n) is 5.17. The first-order chi connectivity index (χ1) is 6.52. The van der Waals surface area contributed by atoms with Crippen molar-refractivity contribution >= 4 is 5.91 Å². The number of nitrogens with two attached hydrogens (primary N) is 1. The number of carbonyl (C=O) groups excluding carboxylic acids is 1. The molecule has 3 atom stereocenters. The number of aliphatic hydroxyl groups excluding tert-OH is 1. The number of nitrogens with one attached hydrogen (secondary N) is 1. The second-order valence-corrected chi connectivity index (χ2v) is 3.94. The third kappa shape index (κ3) is 4.58. The van der Waals surface area contributed by atoms with Gasteiger partial charge in [0.2, 0.25) is 5.91 Å². The number of hydrogen-bond acceptors (Lipinski definition) is 3. The molecule has 4 N–H and O–H groups in total. The van der Waals surface area contributed by atoms with Gasteiger partial charge in [-0.15, -0.1) is 0 Å². The van der Waals surface area contributed by atoms with E-state index in [0.29, 0.717) is 6.54 Å². The molecule has 0 aromatic rings. The molecule has 0 heterocycles. The summed E-state index contributed by atoms with van der Waals surface area (Å²) in [4.78, 5) is 11.4. The average molecular weight is 202 g/mol. The molecule has 4 nitrogen and oxygen atoms in total. The van der Waals surface area contributed by atoms with Crippen LogP contribution in [-0.2, 0) is 4.79 Å². The summed E-state index contributed by atoms with van der Waals surface area (Å²) < 4.78 is 0. The van der Waals surface area contributed by atoms with E-state index in [1.807, 2.05) is 20.8 Å². The molecule has 0 aliphatic carbocycles. The quantitative estimate of drug-likeness (QED) is 0.572. The van der Waals surface area contributed by atoms with Crippen molar-refractivity contribution < 1.29 is 9.90 Å². The van der Waals surface area contributed by atoms with Crippen LogP contribution in [0.2, 0.25) is 0 Å². The second-order valence-electron chi connectivity index (χ2n) is 3.94. The molecule has 0 aromatic carbocycles. The van der Waals surface area contributed by atoms with E-state index in [4.69, 9.17) is 10.8 Å². The molecule has 0 bridgehead atoms. The zero-order chi connectivity index (χ0) is 11.1. The van der Waals surface area contributed by atoms with Crippen LogP contribution >= 0.6 is 0 Å². The monoisotopic (exact) mass is 202 g/mol. The Balaban J connectivity index is 3.84. The van der Waals surface area contributed by atoms with E-state index in [0.717, 1.165) is 6.42 Å². The van der Waals surface area contributed by atoms with Gasteiger partial charge in [-0.2, -0.15) is 0 Å². The Hall–Kier alpha value is -0.610. The van der Waals surface area contributed by atoms with Gasteiger partial charge in [-0.05, 0) is 11.8 Å². The highest BCUT2D eigenvalue weighted by Gasteiger charge is 2.19. The van der Waals surface area contributed by atoms with Crippen molar-refractivity contribution in [2.24, 2.45) is 17.6 Å². The van der Waals surface area contributed by atoms with Crippen LogP contribution in [0.15, 0.2) is 0 Å². The topological polar surface area (TPSA) is 75.4 Å². The molecule has 0 saturated carbocycles. The zero-order valence-corrected chi connectivity index (χ0v) is 9.29. The Morgan fingerprint density at radius 3 is 2.50 bits per heavy atom. The van der Waals surface area contributed by atoms with Crippen molar-refractivity contribution in [3.8, 4) is 0 Å². The van der Waals surface area contributed by atoms with Crippen LogP contribution in [0.5, 0.6) is 0 Å². The van der Waals surface area contributed by atoms with Crippen LogP contribution in [0.3, 0.4) is 0 Å². The lowest BCUT2D eigenvalue weighted by molar-refractivity contribution is -0.123. The number of hydrogen-bond donors (Lipinski definition) is 3. The summed E-state index contributed by atoms with van der Waals surface area (Å²) in [6, 6.07) is -0.439. The predicted molar refractivity (Wildman–Crippen MR) is 56.7 cm³/mol. The largest absolute Gasteiger partial charge is 0.396 e. The third-order valence-corrected chi connectivity index (χ3v) is 2.50. The Labute approximate surface area is 85.9 Å². The minimum atomic E-state index is -0.439. The van der Waals surface area contributed by atoms with Gasteiger partial charge in [-0.3, -0.25) is 4.79 Å². The highest BCUT2D eigenvalue weighted by atomic mass is 16.3. The van der Waals surface area contributed by atoms with Crippen LogP contribution in [0, 0.1) is 11.8 Å². The molecule has 0 saturated heterocycles. The van der Waals surface area contributed by atoms with Gasteiger partial charge in [0.1, 0.15) is 0 Å². The molecule has 0 spiro atoms. The Bertz CT molecular complexity index is 174. The molecule has 0 rings (SSSR count). The summed E-state index contributed by atoms with van der Waals surface area (Å²) >= 11 is 0. The number of carbonyl (C=O) groups is 1. The Morgan fingerprint density at radius 1 is 1.50 bits per heavy atom. The molecular weight excluding hydrogens is 180 g/mol. The molecule has 0 radical (unpaired) electrons. The molecule has 14 heavy (non-hydrogen) atoms. The lowest BCUT2D eigenvalue weighted by Gasteiger charge is -2.18. The van der Waals surface area contributed by atoms with E-state index in [9.17, 15) is 4.79 Å². The molecule has 0 aromatic heterocycles. The van der Waals surface area contributed by atoms with E-state index in [1.54, 1.807) is 0 Å². The highest BCUT2D eigenvalue weighted by molar-refractivity contribution is 5.81. The summed E-state index contributed by atoms with van der Waals surface area (Å²) in [7, 11) is 0. The van der Waals surface area contributed by atoms with Crippen LogP contribution in [0.4, 0.5) is 0 Å². The van der Waals surface area contributed by atoms with Gasteiger partial charge < -0.3 is 16.2 Å². The summed E-state index contributed by atoms with van der Waals surface area (Å²) in [6.45, 7) is 6.40. The fourth-order valence-electron chi connectivity index (χ4n) is 0.970. The maximum absolute atomic E-state index is 11.4. The average Bonchev–Trinajstić information content (AvgIpc) is 2.22. The minimum Gasteiger partial charge on any atom is -0.396 e. The van der Waals surface area contributed by atoms with Crippen LogP contribution in [0.1, 0.15) is 27.2 Å². The zero-order valence-electron chi connectivity index (χ0n) is 9.29. The molecule has 0 aliphatic rings. The standard InChI is InChI=1S/C10H22N2O2/c1-4-8(3)9(11)10(14)12-5-7(2)6-13/h7-9,13H,4-6,11H2,1-3H3,(H,12,14). The number of amides is 1. The molecule has 4 heteroatoms. The SMILES string of the molecule is CCC(C)C(N)C(=O)NCC(C)CO. The number of rotatable bonds is 6. The first-order valence-corrected chi connectivity index (χ1v) is 5.17. The van der Waals surface area contributed by atoms with Gasteiger partial charge in [0, 0.05) is 13.2 Å². The van der Waals surface area contributed by atoms with Crippen molar-refractivity contribution in [1.82, 2.24) is 5.32 Å². The van der Waals surface area contributed by atoms with Gasteiger partial charge in [0.25, 0.3) is 0 Å². The molecule has 0 aliphatic heterocycles. The maximum atomic E-state index is 11.4. The minimum absolute atomic E-state index is 0.0822. The molecule has 84 valence electrons. The van der Waals surface area contributed by atoms with Crippen molar-refractivity contribution in [3.05, 3.63) is 0 Å².